The van der Waals surface area contributed by atoms with Gasteiger partial charge in [0.05, 0.1) is 28.5 Å². The maximum absolute atomic E-state index is 13.4. The van der Waals surface area contributed by atoms with Crippen molar-refractivity contribution in [2.75, 3.05) is 19.4 Å². The quantitative estimate of drug-likeness (QED) is 0.207. The molecule has 3 aromatic rings. The number of nitrogens with zero attached hydrogens (tertiary/aromatic N) is 1. The molecular formula is C27H26ClF4NO5S. The smallest absolute Gasteiger partial charge is 0.417 e. The van der Waals surface area contributed by atoms with E-state index in [0.29, 0.717) is 19.5 Å². The normalized spacial score (nSPS) is 12.1. The number of carbonyl (C=O) groups is 1. The molecule has 0 unspecified atom stereocenters. The van der Waals surface area contributed by atoms with Crippen LogP contribution in [-0.2, 0) is 40.3 Å². The number of halogens is 5. The Morgan fingerprint density at radius 1 is 1.03 bits per heavy atom. The molecule has 0 amide bonds. The summed E-state index contributed by atoms with van der Waals surface area (Å²) in [5, 5.41) is 8.65. The second-order valence-corrected chi connectivity index (χ2v) is 11.3. The van der Waals surface area contributed by atoms with Gasteiger partial charge >= 0.3 is 12.1 Å². The monoisotopic (exact) mass is 587 g/mol. The molecule has 12 heteroatoms. The average molecular weight is 588 g/mol. The zero-order valence-electron chi connectivity index (χ0n) is 20.8. The molecule has 39 heavy (non-hydrogen) atoms. The Morgan fingerprint density at radius 3 is 2.33 bits per heavy atom. The number of carboxylic acid groups (broad SMARTS) is 1. The van der Waals surface area contributed by atoms with E-state index in [0.717, 1.165) is 17.9 Å². The van der Waals surface area contributed by atoms with Crippen LogP contribution < -0.4 is 4.74 Å². The molecule has 0 spiro atoms. The summed E-state index contributed by atoms with van der Waals surface area (Å²) in [4.78, 5) is 12.8. The van der Waals surface area contributed by atoms with E-state index in [1.54, 1.807) is 12.1 Å². The Kier molecular flexibility index (Phi) is 9.98. The first-order chi connectivity index (χ1) is 18.2. The highest BCUT2D eigenvalue weighted by molar-refractivity contribution is 7.90. The molecule has 0 heterocycles. The Morgan fingerprint density at radius 2 is 1.72 bits per heavy atom. The van der Waals surface area contributed by atoms with Crippen LogP contribution in [0.15, 0.2) is 65.6 Å². The van der Waals surface area contributed by atoms with Crippen LogP contribution in [0.5, 0.6) is 5.75 Å². The number of sulfone groups is 1. The van der Waals surface area contributed by atoms with E-state index in [9.17, 15) is 30.8 Å². The van der Waals surface area contributed by atoms with Crippen LogP contribution >= 0.6 is 11.6 Å². The fourth-order valence-electron chi connectivity index (χ4n) is 3.98. The summed E-state index contributed by atoms with van der Waals surface area (Å²) in [6, 6.07) is 13.6. The molecule has 0 fully saturated rings. The van der Waals surface area contributed by atoms with Gasteiger partial charge in [0.2, 0.25) is 0 Å². The largest absolute Gasteiger partial charge is 0.494 e. The van der Waals surface area contributed by atoms with Gasteiger partial charge in [-0.3, -0.25) is 9.69 Å². The highest BCUT2D eigenvalue weighted by Gasteiger charge is 2.34. The molecule has 0 aromatic heterocycles. The number of hydrogen-bond donors (Lipinski definition) is 1. The van der Waals surface area contributed by atoms with Crippen molar-refractivity contribution in [3.05, 3.63) is 93.8 Å². The van der Waals surface area contributed by atoms with Gasteiger partial charge in [0.25, 0.3) is 0 Å². The van der Waals surface area contributed by atoms with E-state index in [2.05, 4.69) is 0 Å². The molecule has 1 N–H and O–H groups in total. The third-order valence-corrected chi connectivity index (χ3v) is 7.39. The molecule has 0 bridgehead atoms. The van der Waals surface area contributed by atoms with Crippen molar-refractivity contribution in [3.63, 3.8) is 0 Å². The Labute approximate surface area is 228 Å². The van der Waals surface area contributed by atoms with Crippen LogP contribution in [0.1, 0.15) is 28.7 Å². The highest BCUT2D eigenvalue weighted by atomic mass is 35.5. The summed E-state index contributed by atoms with van der Waals surface area (Å²) in [6.07, 6.45) is -3.68. The van der Waals surface area contributed by atoms with Gasteiger partial charge in [0.15, 0.2) is 9.84 Å². The molecule has 0 aliphatic heterocycles. The van der Waals surface area contributed by atoms with Crippen molar-refractivity contribution in [1.82, 2.24) is 4.90 Å². The summed E-state index contributed by atoms with van der Waals surface area (Å²) in [6.45, 7) is 0.884. The van der Waals surface area contributed by atoms with Crippen molar-refractivity contribution in [2.24, 2.45) is 0 Å². The first-order valence-electron chi connectivity index (χ1n) is 11.7. The predicted molar refractivity (Wildman–Crippen MR) is 138 cm³/mol. The van der Waals surface area contributed by atoms with Crippen molar-refractivity contribution in [3.8, 4) is 5.75 Å². The van der Waals surface area contributed by atoms with Gasteiger partial charge in [0, 0.05) is 25.9 Å². The van der Waals surface area contributed by atoms with Gasteiger partial charge in [-0.25, -0.2) is 12.8 Å². The Hall–Kier alpha value is -3.15. The molecule has 210 valence electrons. The van der Waals surface area contributed by atoms with E-state index >= 15 is 0 Å². The fourth-order valence-corrected chi connectivity index (χ4v) is 5.22. The van der Waals surface area contributed by atoms with Gasteiger partial charge in [0.1, 0.15) is 11.6 Å². The van der Waals surface area contributed by atoms with Gasteiger partial charge in [-0.15, -0.1) is 0 Å². The van der Waals surface area contributed by atoms with Crippen LogP contribution in [0.25, 0.3) is 0 Å². The van der Waals surface area contributed by atoms with Crippen molar-refractivity contribution < 1.29 is 40.6 Å². The molecular weight excluding hydrogens is 562 g/mol. The molecule has 0 aliphatic rings. The topological polar surface area (TPSA) is 83.9 Å². The van der Waals surface area contributed by atoms with Crippen molar-refractivity contribution in [1.29, 1.82) is 0 Å². The van der Waals surface area contributed by atoms with Gasteiger partial charge in [-0.2, -0.15) is 13.2 Å². The minimum absolute atomic E-state index is 0.0856. The molecule has 0 aliphatic carbocycles. The lowest BCUT2D eigenvalue weighted by Gasteiger charge is -2.24. The van der Waals surface area contributed by atoms with Gasteiger partial charge < -0.3 is 9.84 Å². The summed E-state index contributed by atoms with van der Waals surface area (Å²) in [5.74, 6) is -1.35. The minimum atomic E-state index is -4.60. The standard InChI is InChI=1S/C27H26ClF4NO5S/c1-39(36,37)24-15-22(11-8-19(24)14-25(34)35)38-13-3-12-33(16-18-6-9-21(29)10-7-18)17-20-4-2-5-23(26(20)28)27(30,31)32/h2,4-11,15H,3,12-14,16-17H2,1H3,(H,34,35). The molecule has 0 radical (unpaired) electrons. The van der Waals surface area contributed by atoms with Crippen LogP contribution in [0.3, 0.4) is 0 Å². The zero-order valence-corrected chi connectivity index (χ0v) is 22.4. The average Bonchev–Trinajstić information content (AvgIpc) is 2.83. The number of benzene rings is 3. The van der Waals surface area contributed by atoms with Crippen LogP contribution in [0.2, 0.25) is 5.02 Å². The molecule has 3 aromatic carbocycles. The van der Waals surface area contributed by atoms with Crippen LogP contribution in [0, 0.1) is 5.82 Å². The lowest BCUT2D eigenvalue weighted by atomic mass is 10.1. The van der Waals surface area contributed by atoms with Crippen molar-refractivity contribution >= 4 is 27.4 Å². The second kappa shape index (κ2) is 12.8. The maximum atomic E-state index is 13.4. The lowest BCUT2D eigenvalue weighted by molar-refractivity contribution is -0.138. The number of hydrogen-bond acceptors (Lipinski definition) is 5. The maximum Gasteiger partial charge on any atom is 0.417 e. The van der Waals surface area contributed by atoms with Gasteiger partial charge in [-0.05, 0) is 53.4 Å². The van der Waals surface area contributed by atoms with Crippen LogP contribution in [0.4, 0.5) is 17.6 Å². The van der Waals surface area contributed by atoms with E-state index in [1.807, 2.05) is 4.90 Å². The number of aliphatic carboxylic acids is 1. The Balaban J connectivity index is 1.73. The fraction of sp³-hybridized carbons (Fsp3) is 0.296. The SMILES string of the molecule is CS(=O)(=O)c1cc(OCCCN(Cc2ccc(F)cc2)Cc2cccc(C(F)(F)F)c2Cl)ccc1CC(=O)O. The summed E-state index contributed by atoms with van der Waals surface area (Å²) < 4.78 is 83.3. The van der Waals surface area contributed by atoms with E-state index in [4.69, 9.17) is 21.4 Å². The number of alkyl halides is 3. The van der Waals surface area contributed by atoms with E-state index in [1.165, 1.54) is 42.5 Å². The lowest BCUT2D eigenvalue weighted by Crippen LogP contribution is -2.26. The highest BCUT2D eigenvalue weighted by Crippen LogP contribution is 2.36. The van der Waals surface area contributed by atoms with Gasteiger partial charge in [-0.1, -0.05) is 41.9 Å². The number of rotatable bonds is 12. The Bertz CT molecular complexity index is 1410. The third kappa shape index (κ3) is 8.94. The first-order valence-corrected chi connectivity index (χ1v) is 14.0. The number of carboxylic acids is 1. The summed E-state index contributed by atoms with van der Waals surface area (Å²) in [7, 11) is -3.71. The molecule has 3 rings (SSSR count). The molecule has 0 atom stereocenters. The minimum Gasteiger partial charge on any atom is -0.494 e. The van der Waals surface area contributed by atoms with E-state index in [-0.39, 0.29) is 39.9 Å². The first kappa shape index (κ1) is 30.4. The summed E-state index contributed by atoms with van der Waals surface area (Å²) >= 11 is 6.09. The zero-order chi connectivity index (χ0) is 28.8. The number of ether oxygens (including phenoxy) is 1. The van der Waals surface area contributed by atoms with Crippen molar-refractivity contribution in [2.45, 2.75) is 37.0 Å². The molecule has 0 saturated heterocycles. The second-order valence-electron chi connectivity index (χ2n) is 8.93. The van der Waals surface area contributed by atoms with E-state index < -0.39 is 39.8 Å². The van der Waals surface area contributed by atoms with Crippen LogP contribution in [-0.4, -0.2) is 43.8 Å². The third-order valence-electron chi connectivity index (χ3n) is 5.76. The predicted octanol–water partition coefficient (Wildman–Crippen LogP) is 6.00. The summed E-state index contributed by atoms with van der Waals surface area (Å²) in [5.41, 5.74) is 0.231. The molecule has 0 saturated carbocycles. The molecule has 6 nitrogen and oxygen atoms in total.